The molecule has 3 aromatic rings. The summed E-state index contributed by atoms with van der Waals surface area (Å²) in [5.74, 6) is -0.0787. The van der Waals surface area contributed by atoms with Gasteiger partial charge in [0, 0.05) is 18.6 Å². The van der Waals surface area contributed by atoms with Crippen LogP contribution in [0.1, 0.15) is 29.0 Å². The molecule has 0 aliphatic heterocycles. The number of carbonyl (C=O) groups is 1. The van der Waals surface area contributed by atoms with Crippen LogP contribution >= 0.6 is 0 Å². The Morgan fingerprint density at radius 1 is 1.24 bits per heavy atom. The van der Waals surface area contributed by atoms with Gasteiger partial charge in [-0.05, 0) is 24.6 Å². The minimum absolute atomic E-state index is 0.0326. The van der Waals surface area contributed by atoms with Gasteiger partial charge in [0.2, 0.25) is 0 Å². The van der Waals surface area contributed by atoms with Crippen molar-refractivity contribution in [3.05, 3.63) is 66.1 Å². The Morgan fingerprint density at radius 3 is 2.71 bits per heavy atom. The first-order chi connectivity index (χ1) is 10.2. The number of carbonyl (C=O) groups excluding carboxylic acids is 1. The van der Waals surface area contributed by atoms with Crippen molar-refractivity contribution in [2.75, 3.05) is 0 Å². The summed E-state index contributed by atoms with van der Waals surface area (Å²) in [6.07, 6.45) is 3.50. The molecule has 0 aliphatic rings. The first kappa shape index (κ1) is 13.4. The van der Waals surface area contributed by atoms with Gasteiger partial charge in [-0.2, -0.15) is 0 Å². The van der Waals surface area contributed by atoms with Crippen LogP contribution in [-0.2, 0) is 7.05 Å². The predicted molar refractivity (Wildman–Crippen MR) is 83.0 cm³/mol. The van der Waals surface area contributed by atoms with Crippen molar-refractivity contribution in [1.29, 1.82) is 0 Å². The molecule has 0 saturated heterocycles. The number of pyridine rings is 1. The van der Waals surface area contributed by atoms with E-state index in [2.05, 4.69) is 10.3 Å². The lowest BCUT2D eigenvalue weighted by molar-refractivity contribution is 0.0932. The zero-order chi connectivity index (χ0) is 14.8. The molecular weight excluding hydrogens is 262 g/mol. The monoisotopic (exact) mass is 279 g/mol. The number of amides is 1. The Bertz CT molecular complexity index is 777. The summed E-state index contributed by atoms with van der Waals surface area (Å²) >= 11 is 0. The molecule has 0 radical (unpaired) electrons. The largest absolute Gasteiger partial charge is 0.344 e. The summed E-state index contributed by atoms with van der Waals surface area (Å²) in [6, 6.07) is 13.7. The van der Waals surface area contributed by atoms with Crippen LogP contribution in [0.4, 0.5) is 0 Å². The van der Waals surface area contributed by atoms with Crippen LogP contribution in [0, 0.1) is 0 Å². The topological polar surface area (TPSA) is 46.9 Å². The molecular formula is C17H17N3O. The highest BCUT2D eigenvalue weighted by molar-refractivity contribution is 5.98. The fraction of sp³-hybridized carbons (Fsp3) is 0.176. The molecule has 1 aromatic carbocycles. The molecule has 1 N–H and O–H groups in total. The molecule has 0 aliphatic carbocycles. The second-order valence-corrected chi connectivity index (χ2v) is 5.13. The predicted octanol–water partition coefficient (Wildman–Crippen LogP) is 3.06. The molecule has 4 nitrogen and oxygen atoms in total. The van der Waals surface area contributed by atoms with E-state index < -0.39 is 0 Å². The highest BCUT2D eigenvalue weighted by Crippen LogP contribution is 2.18. The highest BCUT2D eigenvalue weighted by atomic mass is 16.2. The van der Waals surface area contributed by atoms with Gasteiger partial charge in [0.05, 0.1) is 17.8 Å². The fourth-order valence-corrected chi connectivity index (χ4v) is 2.49. The van der Waals surface area contributed by atoms with Gasteiger partial charge in [-0.1, -0.05) is 30.3 Å². The summed E-state index contributed by atoms with van der Waals surface area (Å²) in [5.41, 5.74) is 2.68. The van der Waals surface area contributed by atoms with Crippen LogP contribution in [0.15, 0.2) is 54.9 Å². The summed E-state index contributed by atoms with van der Waals surface area (Å²) in [7, 11) is 1.88. The van der Waals surface area contributed by atoms with Gasteiger partial charge in [-0.3, -0.25) is 9.78 Å². The van der Waals surface area contributed by atoms with Crippen LogP contribution in [0.25, 0.3) is 10.9 Å². The van der Waals surface area contributed by atoms with Gasteiger partial charge >= 0.3 is 0 Å². The molecule has 2 aromatic heterocycles. The lowest BCUT2D eigenvalue weighted by atomic mass is 10.1. The van der Waals surface area contributed by atoms with Crippen molar-refractivity contribution in [2.45, 2.75) is 13.0 Å². The number of rotatable bonds is 3. The molecule has 0 spiro atoms. The second kappa shape index (κ2) is 5.40. The fourth-order valence-electron chi connectivity index (χ4n) is 2.49. The molecule has 0 fully saturated rings. The van der Waals surface area contributed by atoms with Crippen molar-refractivity contribution < 1.29 is 4.79 Å². The van der Waals surface area contributed by atoms with E-state index in [1.165, 1.54) is 0 Å². The average molecular weight is 279 g/mol. The van der Waals surface area contributed by atoms with Crippen molar-refractivity contribution >= 4 is 16.8 Å². The third-order valence-electron chi connectivity index (χ3n) is 3.73. The van der Waals surface area contributed by atoms with Crippen LogP contribution in [0.2, 0.25) is 0 Å². The van der Waals surface area contributed by atoms with Crippen LogP contribution < -0.4 is 5.32 Å². The van der Waals surface area contributed by atoms with Gasteiger partial charge in [0.25, 0.3) is 5.91 Å². The van der Waals surface area contributed by atoms with Gasteiger partial charge in [-0.25, -0.2) is 0 Å². The molecule has 2 heterocycles. The summed E-state index contributed by atoms with van der Waals surface area (Å²) < 4.78 is 1.87. The van der Waals surface area contributed by atoms with E-state index in [-0.39, 0.29) is 11.9 Å². The molecule has 0 bridgehead atoms. The minimum atomic E-state index is -0.0787. The van der Waals surface area contributed by atoms with Crippen LogP contribution in [0.5, 0.6) is 0 Å². The van der Waals surface area contributed by atoms with E-state index >= 15 is 0 Å². The number of aromatic nitrogens is 2. The zero-order valence-electron chi connectivity index (χ0n) is 12.1. The molecule has 0 saturated carbocycles. The molecule has 1 amide bonds. The van der Waals surface area contributed by atoms with Crippen LogP contribution in [0.3, 0.4) is 0 Å². The SMILES string of the molecule is CC(NC(=O)c1cc2ccncc2n1C)c1ccccc1. The maximum absolute atomic E-state index is 12.5. The maximum atomic E-state index is 12.5. The maximum Gasteiger partial charge on any atom is 0.268 e. The summed E-state index contributed by atoms with van der Waals surface area (Å²) in [6.45, 7) is 1.98. The number of nitrogens with one attached hydrogen (secondary N) is 1. The van der Waals surface area contributed by atoms with E-state index in [0.717, 1.165) is 16.5 Å². The van der Waals surface area contributed by atoms with Crippen molar-refractivity contribution in [2.24, 2.45) is 7.05 Å². The first-order valence-electron chi connectivity index (χ1n) is 6.92. The molecule has 1 atom stereocenters. The highest BCUT2D eigenvalue weighted by Gasteiger charge is 2.16. The zero-order valence-corrected chi connectivity index (χ0v) is 12.1. The third-order valence-corrected chi connectivity index (χ3v) is 3.73. The Balaban J connectivity index is 1.86. The normalized spacial score (nSPS) is 12.3. The van der Waals surface area contributed by atoms with Crippen LogP contribution in [-0.4, -0.2) is 15.5 Å². The summed E-state index contributed by atoms with van der Waals surface area (Å²) in [4.78, 5) is 16.6. The lowest BCUT2D eigenvalue weighted by Crippen LogP contribution is -2.28. The van der Waals surface area contributed by atoms with E-state index in [1.54, 1.807) is 12.4 Å². The van der Waals surface area contributed by atoms with E-state index in [0.29, 0.717) is 5.69 Å². The van der Waals surface area contributed by atoms with E-state index in [1.807, 2.05) is 61.0 Å². The number of aryl methyl sites for hydroxylation is 1. The van der Waals surface area contributed by atoms with Crippen molar-refractivity contribution in [3.8, 4) is 0 Å². The first-order valence-corrected chi connectivity index (χ1v) is 6.92. The molecule has 4 heteroatoms. The van der Waals surface area contributed by atoms with E-state index in [9.17, 15) is 4.79 Å². The van der Waals surface area contributed by atoms with Gasteiger partial charge in [-0.15, -0.1) is 0 Å². The number of benzene rings is 1. The third kappa shape index (κ3) is 2.52. The van der Waals surface area contributed by atoms with Gasteiger partial charge in [0.15, 0.2) is 0 Å². The molecule has 106 valence electrons. The average Bonchev–Trinajstić information content (AvgIpc) is 2.86. The Kier molecular flexibility index (Phi) is 3.44. The molecule has 1 unspecified atom stereocenters. The standard InChI is InChI=1S/C17H17N3O/c1-12(13-6-4-3-5-7-13)19-17(21)15-10-14-8-9-18-11-16(14)20(15)2/h3-12H,1-2H3,(H,19,21). The quantitative estimate of drug-likeness (QED) is 0.801. The van der Waals surface area contributed by atoms with Crippen molar-refractivity contribution in [3.63, 3.8) is 0 Å². The lowest BCUT2D eigenvalue weighted by Gasteiger charge is -2.14. The van der Waals surface area contributed by atoms with E-state index in [4.69, 9.17) is 0 Å². The van der Waals surface area contributed by atoms with Crippen molar-refractivity contribution in [1.82, 2.24) is 14.9 Å². The Hall–Kier alpha value is -2.62. The number of hydrogen-bond donors (Lipinski definition) is 1. The number of nitrogens with zero attached hydrogens (tertiary/aromatic N) is 2. The molecule has 3 rings (SSSR count). The minimum Gasteiger partial charge on any atom is -0.344 e. The smallest absolute Gasteiger partial charge is 0.268 e. The second-order valence-electron chi connectivity index (χ2n) is 5.13. The number of fused-ring (bicyclic) bond motifs is 1. The molecule has 21 heavy (non-hydrogen) atoms. The van der Waals surface area contributed by atoms with Gasteiger partial charge in [0.1, 0.15) is 5.69 Å². The Morgan fingerprint density at radius 2 is 2.00 bits per heavy atom. The Labute approximate surface area is 123 Å². The van der Waals surface area contributed by atoms with Gasteiger partial charge < -0.3 is 9.88 Å². The number of hydrogen-bond acceptors (Lipinski definition) is 2. The summed E-state index contributed by atoms with van der Waals surface area (Å²) in [5, 5.41) is 4.05.